The Hall–Kier alpha value is -1.72. The van der Waals surface area contributed by atoms with Gasteiger partial charge in [0.05, 0.1) is 22.9 Å². The summed E-state index contributed by atoms with van der Waals surface area (Å²) < 4.78 is 5.55. The van der Waals surface area contributed by atoms with E-state index >= 15 is 0 Å². The monoisotopic (exact) mass is 246 g/mol. The van der Waals surface area contributed by atoms with Gasteiger partial charge in [0, 0.05) is 6.20 Å². The van der Waals surface area contributed by atoms with E-state index in [1.165, 1.54) is 11.3 Å². The van der Waals surface area contributed by atoms with E-state index in [1.54, 1.807) is 11.7 Å². The number of hydrogen-bond acceptors (Lipinski definition) is 5. The summed E-state index contributed by atoms with van der Waals surface area (Å²) >= 11 is 1.43. The molecule has 2 aromatic heterocycles. The summed E-state index contributed by atoms with van der Waals surface area (Å²) in [4.78, 5) is 9.08. The summed E-state index contributed by atoms with van der Waals surface area (Å²) in [5.41, 5.74) is 3.27. The van der Waals surface area contributed by atoms with Crippen LogP contribution in [0, 0.1) is 0 Å². The lowest BCUT2D eigenvalue weighted by atomic mass is 10.2. The fraction of sp³-hybridized carbons (Fsp3) is 0.167. The van der Waals surface area contributed by atoms with Gasteiger partial charge >= 0.3 is 0 Å². The van der Waals surface area contributed by atoms with Gasteiger partial charge in [-0.15, -0.1) is 11.3 Å². The Labute approximate surface area is 102 Å². The Bertz CT molecular complexity index is 585. The van der Waals surface area contributed by atoms with Crippen molar-refractivity contribution in [2.24, 2.45) is 0 Å². The first-order valence-corrected chi connectivity index (χ1v) is 6.12. The van der Waals surface area contributed by atoms with Crippen molar-refractivity contribution in [3.8, 4) is 0 Å². The van der Waals surface area contributed by atoms with Crippen molar-refractivity contribution in [2.45, 2.75) is 12.5 Å². The molecule has 0 spiro atoms. The highest BCUT2D eigenvalue weighted by molar-refractivity contribution is 7.09. The molecule has 1 aromatic carbocycles. The second-order valence-electron chi connectivity index (χ2n) is 3.70. The van der Waals surface area contributed by atoms with E-state index in [0.717, 1.165) is 16.0 Å². The second kappa shape index (κ2) is 4.27. The van der Waals surface area contributed by atoms with Crippen molar-refractivity contribution in [1.82, 2.24) is 9.97 Å². The molecule has 0 fully saturated rings. The van der Waals surface area contributed by atoms with Gasteiger partial charge in [-0.05, 0) is 12.1 Å². The second-order valence-corrected chi connectivity index (χ2v) is 4.62. The maximum Gasteiger partial charge on any atom is 0.198 e. The van der Waals surface area contributed by atoms with Crippen LogP contribution in [0.5, 0.6) is 0 Å². The molecular weight excluding hydrogens is 236 g/mol. The molecule has 86 valence electrons. The molecule has 0 aliphatic carbocycles. The predicted molar refractivity (Wildman–Crippen MR) is 64.8 cm³/mol. The normalized spacial score (nSPS) is 13.0. The van der Waals surface area contributed by atoms with E-state index < -0.39 is 6.10 Å². The Balaban J connectivity index is 1.85. The molecule has 5 heteroatoms. The average molecular weight is 246 g/mol. The third-order valence-corrected chi connectivity index (χ3v) is 3.36. The summed E-state index contributed by atoms with van der Waals surface area (Å²) in [7, 11) is 0. The maximum atomic E-state index is 9.96. The van der Waals surface area contributed by atoms with Crippen molar-refractivity contribution in [3.63, 3.8) is 0 Å². The summed E-state index contributed by atoms with van der Waals surface area (Å²) in [6, 6.07) is 7.57. The minimum absolute atomic E-state index is 0.372. The molecule has 0 aliphatic rings. The van der Waals surface area contributed by atoms with Crippen molar-refractivity contribution < 1.29 is 9.52 Å². The quantitative estimate of drug-likeness (QED) is 0.771. The van der Waals surface area contributed by atoms with Gasteiger partial charge in [0.1, 0.15) is 5.52 Å². The minimum Gasteiger partial charge on any atom is -0.441 e. The summed E-state index contributed by atoms with van der Waals surface area (Å²) in [6.45, 7) is 0. The molecule has 1 N–H and O–H groups in total. The fourth-order valence-electron chi connectivity index (χ4n) is 1.66. The van der Waals surface area contributed by atoms with E-state index in [-0.39, 0.29) is 0 Å². The Morgan fingerprint density at radius 2 is 2.24 bits per heavy atom. The largest absolute Gasteiger partial charge is 0.441 e. The highest BCUT2D eigenvalue weighted by atomic mass is 32.1. The molecule has 0 saturated carbocycles. The van der Waals surface area contributed by atoms with Crippen molar-refractivity contribution >= 4 is 22.4 Å². The zero-order valence-corrected chi connectivity index (χ0v) is 9.72. The molecule has 3 rings (SSSR count). The number of nitrogens with zero attached hydrogens (tertiary/aromatic N) is 2. The van der Waals surface area contributed by atoms with Gasteiger partial charge < -0.3 is 9.52 Å². The van der Waals surface area contributed by atoms with Crippen LogP contribution in [0.1, 0.15) is 16.9 Å². The van der Waals surface area contributed by atoms with Gasteiger partial charge in [0.2, 0.25) is 0 Å². The lowest BCUT2D eigenvalue weighted by molar-refractivity contribution is 0.173. The van der Waals surface area contributed by atoms with Crippen LogP contribution in [0.4, 0.5) is 0 Å². The van der Waals surface area contributed by atoms with Crippen LogP contribution in [-0.2, 0) is 6.42 Å². The molecular formula is C12H10N2O2S. The molecule has 4 nitrogen and oxygen atoms in total. The van der Waals surface area contributed by atoms with Gasteiger partial charge in [0.15, 0.2) is 11.5 Å². The Morgan fingerprint density at radius 3 is 3.00 bits per heavy atom. The van der Waals surface area contributed by atoms with Gasteiger partial charge in [0.25, 0.3) is 0 Å². The van der Waals surface area contributed by atoms with Crippen molar-refractivity contribution in [2.75, 3.05) is 0 Å². The molecule has 0 bridgehead atoms. The predicted octanol–water partition coefficient (Wildman–Crippen LogP) is 2.56. The SMILES string of the molecule is OC(Cc1nc2ccccc2o1)c1cncs1. The standard InChI is InChI=1S/C12H10N2O2S/c15-9(11-6-13-7-17-11)5-12-14-8-3-1-2-4-10(8)16-12/h1-4,6-7,9,15H,5H2. The molecule has 3 aromatic rings. The lowest BCUT2D eigenvalue weighted by Crippen LogP contribution is -1.99. The van der Waals surface area contributed by atoms with Gasteiger partial charge in [-0.3, -0.25) is 4.98 Å². The molecule has 1 atom stereocenters. The van der Waals surface area contributed by atoms with Crippen molar-refractivity contribution in [3.05, 3.63) is 46.7 Å². The third-order valence-electron chi connectivity index (χ3n) is 2.49. The molecule has 1 unspecified atom stereocenters. The van der Waals surface area contributed by atoms with E-state index in [0.29, 0.717) is 12.3 Å². The average Bonchev–Trinajstić information content (AvgIpc) is 2.97. The topological polar surface area (TPSA) is 59.2 Å². The molecule has 0 amide bonds. The van der Waals surface area contributed by atoms with E-state index in [2.05, 4.69) is 9.97 Å². The number of hydrogen-bond donors (Lipinski definition) is 1. The number of benzene rings is 1. The lowest BCUT2D eigenvalue weighted by Gasteiger charge is -2.03. The smallest absolute Gasteiger partial charge is 0.198 e. The van der Waals surface area contributed by atoms with E-state index in [9.17, 15) is 5.11 Å². The first kappa shape index (κ1) is 10.4. The van der Waals surface area contributed by atoms with Crippen molar-refractivity contribution in [1.29, 1.82) is 0 Å². The van der Waals surface area contributed by atoms with Crippen LogP contribution in [0.2, 0.25) is 0 Å². The van der Waals surface area contributed by atoms with Crippen LogP contribution >= 0.6 is 11.3 Å². The molecule has 0 saturated heterocycles. The number of para-hydroxylation sites is 2. The fourth-order valence-corrected chi connectivity index (χ4v) is 2.27. The number of aliphatic hydroxyl groups excluding tert-OH is 1. The Morgan fingerprint density at radius 1 is 1.35 bits per heavy atom. The van der Waals surface area contributed by atoms with E-state index in [1.807, 2.05) is 24.3 Å². The summed E-state index contributed by atoms with van der Waals surface area (Å²) in [6.07, 6.45) is 1.44. The molecule has 17 heavy (non-hydrogen) atoms. The number of aliphatic hydroxyl groups is 1. The number of thiazole rings is 1. The zero-order chi connectivity index (χ0) is 11.7. The first-order valence-electron chi connectivity index (χ1n) is 5.24. The van der Waals surface area contributed by atoms with E-state index in [4.69, 9.17) is 4.42 Å². The molecule has 0 aliphatic heterocycles. The van der Waals surface area contributed by atoms with Gasteiger partial charge in [-0.25, -0.2) is 4.98 Å². The van der Waals surface area contributed by atoms with Crippen LogP contribution in [0.3, 0.4) is 0 Å². The minimum atomic E-state index is -0.601. The highest BCUT2D eigenvalue weighted by Gasteiger charge is 2.14. The van der Waals surface area contributed by atoms with Crippen LogP contribution in [-0.4, -0.2) is 15.1 Å². The number of aromatic nitrogens is 2. The summed E-state index contributed by atoms with van der Waals surface area (Å²) in [5.74, 6) is 0.548. The molecule has 0 radical (unpaired) electrons. The number of rotatable bonds is 3. The summed E-state index contributed by atoms with van der Waals surface area (Å²) in [5, 5.41) is 9.96. The Kier molecular flexibility index (Phi) is 2.62. The van der Waals surface area contributed by atoms with Crippen LogP contribution in [0.15, 0.2) is 40.4 Å². The number of oxazole rings is 1. The highest BCUT2D eigenvalue weighted by Crippen LogP contribution is 2.23. The third kappa shape index (κ3) is 2.07. The number of fused-ring (bicyclic) bond motifs is 1. The van der Waals surface area contributed by atoms with Gasteiger partial charge in [-0.2, -0.15) is 0 Å². The first-order chi connectivity index (χ1) is 8.33. The zero-order valence-electron chi connectivity index (χ0n) is 8.91. The maximum absolute atomic E-state index is 9.96. The van der Waals surface area contributed by atoms with Crippen LogP contribution < -0.4 is 0 Å². The van der Waals surface area contributed by atoms with Crippen LogP contribution in [0.25, 0.3) is 11.1 Å². The molecule has 2 heterocycles. The van der Waals surface area contributed by atoms with Gasteiger partial charge in [-0.1, -0.05) is 12.1 Å².